The lowest BCUT2D eigenvalue weighted by Gasteiger charge is -2.39. The van der Waals surface area contributed by atoms with Gasteiger partial charge in [0.2, 0.25) is 5.91 Å². The summed E-state index contributed by atoms with van der Waals surface area (Å²) in [7, 11) is 0. The summed E-state index contributed by atoms with van der Waals surface area (Å²) in [4.78, 5) is 27.3. The summed E-state index contributed by atoms with van der Waals surface area (Å²) < 4.78 is 0. The molecule has 0 spiro atoms. The fourth-order valence-corrected chi connectivity index (χ4v) is 6.66. The van der Waals surface area contributed by atoms with Gasteiger partial charge in [-0.15, -0.1) is 0 Å². The lowest BCUT2D eigenvalue weighted by molar-refractivity contribution is -0.133. The Morgan fingerprint density at radius 2 is 1.86 bits per heavy atom. The van der Waals surface area contributed by atoms with Crippen LogP contribution in [0.25, 0.3) is 0 Å². The van der Waals surface area contributed by atoms with E-state index in [-0.39, 0.29) is 29.3 Å². The molecule has 1 amide bonds. The number of nitrogens with one attached hydrogen (secondary N) is 1. The van der Waals surface area contributed by atoms with Gasteiger partial charge in [0.05, 0.1) is 17.7 Å². The Morgan fingerprint density at radius 3 is 2.50 bits per heavy atom. The summed E-state index contributed by atoms with van der Waals surface area (Å²) in [6.07, 6.45) is 5.95. The van der Waals surface area contributed by atoms with Gasteiger partial charge in [0.15, 0.2) is 0 Å². The molecule has 2 N–H and O–H groups in total. The summed E-state index contributed by atoms with van der Waals surface area (Å²) in [5.74, 6) is 1.10. The maximum atomic E-state index is 14.1. The van der Waals surface area contributed by atoms with Crippen LogP contribution in [0, 0.1) is 0 Å². The van der Waals surface area contributed by atoms with Gasteiger partial charge in [-0.05, 0) is 55.7 Å². The number of fused-ring (bicyclic) bond motifs is 1. The number of anilines is 1. The summed E-state index contributed by atoms with van der Waals surface area (Å²) in [5, 5.41) is 14.9. The highest BCUT2D eigenvalue weighted by Crippen LogP contribution is 2.43. The van der Waals surface area contributed by atoms with Gasteiger partial charge in [-0.3, -0.25) is 4.79 Å². The van der Waals surface area contributed by atoms with E-state index in [0.29, 0.717) is 24.5 Å². The number of benzene rings is 1. The summed E-state index contributed by atoms with van der Waals surface area (Å²) >= 11 is 6.19. The van der Waals surface area contributed by atoms with Crippen LogP contribution in [0.15, 0.2) is 30.6 Å². The fraction of sp³-hybridized carbons (Fsp3) is 0.607. The number of aliphatic hydroxyl groups excluding tert-OH is 1. The van der Waals surface area contributed by atoms with Crippen molar-refractivity contribution in [2.45, 2.75) is 82.4 Å². The number of hydrogen-bond acceptors (Lipinski definition) is 6. The number of aromatic nitrogens is 2. The van der Waals surface area contributed by atoms with E-state index in [1.54, 1.807) is 6.33 Å². The van der Waals surface area contributed by atoms with Crippen molar-refractivity contribution in [2.75, 3.05) is 31.1 Å². The zero-order chi connectivity index (χ0) is 25.4. The number of carbonyl (C=O) groups is 1. The number of amides is 1. The van der Waals surface area contributed by atoms with Crippen LogP contribution in [0.5, 0.6) is 0 Å². The molecule has 4 atom stereocenters. The molecule has 2 aromatic rings. The first-order valence-electron chi connectivity index (χ1n) is 13.5. The molecule has 2 saturated heterocycles. The molecule has 5 rings (SSSR count). The predicted molar refractivity (Wildman–Crippen MR) is 142 cm³/mol. The average Bonchev–Trinajstić information content (AvgIpc) is 3.46. The molecule has 2 aliphatic heterocycles. The molecule has 3 aliphatic rings. The molecule has 36 heavy (non-hydrogen) atoms. The molecular weight excluding hydrogens is 474 g/mol. The van der Waals surface area contributed by atoms with Gasteiger partial charge in [-0.1, -0.05) is 44.5 Å². The Kier molecular flexibility index (Phi) is 7.25. The monoisotopic (exact) mass is 511 g/mol. The number of aliphatic hydroxyl groups is 1. The van der Waals surface area contributed by atoms with Crippen molar-refractivity contribution in [3.8, 4) is 0 Å². The minimum atomic E-state index is -0.517. The van der Waals surface area contributed by atoms with Crippen LogP contribution in [0.4, 0.5) is 5.82 Å². The Balaban J connectivity index is 1.34. The number of rotatable bonds is 6. The zero-order valence-electron chi connectivity index (χ0n) is 21.6. The van der Waals surface area contributed by atoms with Crippen LogP contribution < -0.4 is 10.2 Å². The van der Waals surface area contributed by atoms with Crippen molar-refractivity contribution >= 4 is 23.3 Å². The first-order valence-corrected chi connectivity index (χ1v) is 13.8. The normalized spacial score (nSPS) is 26.2. The third kappa shape index (κ3) is 4.61. The van der Waals surface area contributed by atoms with Crippen LogP contribution >= 0.6 is 11.6 Å². The standard InChI is InChI=1S/C28H38ClN5O2/c1-4-28(5-2)11-10-21(32-28)24(19-6-8-20(29)9-7-19)27(36)34-14-12-33(13-15-34)26-23-18(3)16-22(35)25(23)30-17-31-26/h6-9,17-18,21-22,24,32,35H,4-5,10-16H2,1-3H3/t18-,21+,22-,24+/m1/s1. The van der Waals surface area contributed by atoms with E-state index in [4.69, 9.17) is 11.6 Å². The highest BCUT2D eigenvalue weighted by molar-refractivity contribution is 6.30. The number of halogens is 1. The van der Waals surface area contributed by atoms with Crippen molar-refractivity contribution < 1.29 is 9.90 Å². The Morgan fingerprint density at radius 1 is 1.17 bits per heavy atom. The molecule has 3 heterocycles. The maximum Gasteiger partial charge on any atom is 0.231 e. The van der Waals surface area contributed by atoms with Gasteiger partial charge >= 0.3 is 0 Å². The fourth-order valence-electron chi connectivity index (χ4n) is 6.53. The molecule has 2 fully saturated rings. The third-order valence-corrected chi connectivity index (χ3v) is 9.10. The summed E-state index contributed by atoms with van der Waals surface area (Å²) in [6.45, 7) is 9.34. The second-order valence-electron chi connectivity index (χ2n) is 10.8. The predicted octanol–water partition coefficient (Wildman–Crippen LogP) is 4.41. The topological polar surface area (TPSA) is 81.6 Å². The van der Waals surface area contributed by atoms with Gasteiger partial charge in [-0.2, -0.15) is 0 Å². The Hall–Kier alpha value is -2.22. The molecule has 8 heteroatoms. The average molecular weight is 512 g/mol. The van der Waals surface area contributed by atoms with E-state index in [1.807, 2.05) is 29.2 Å². The van der Waals surface area contributed by atoms with Crippen molar-refractivity contribution in [3.05, 3.63) is 52.4 Å². The second-order valence-corrected chi connectivity index (χ2v) is 11.2. The van der Waals surface area contributed by atoms with Crippen LogP contribution in [0.1, 0.15) is 87.6 Å². The van der Waals surface area contributed by atoms with Gasteiger partial charge < -0.3 is 20.2 Å². The lowest BCUT2D eigenvalue weighted by Crippen LogP contribution is -2.53. The second kappa shape index (κ2) is 10.3. The molecule has 0 unspecified atom stereocenters. The van der Waals surface area contributed by atoms with Crippen LogP contribution in [0.3, 0.4) is 0 Å². The SMILES string of the molecule is CCC1(CC)CC[C@@H]([C@@H](C(=O)N2CCN(c3ncnc4c3[C@H](C)C[C@H]4O)CC2)c2ccc(Cl)cc2)N1. The van der Waals surface area contributed by atoms with Gasteiger partial charge in [0.25, 0.3) is 0 Å². The Labute approximate surface area is 219 Å². The van der Waals surface area contributed by atoms with Crippen molar-refractivity contribution in [1.82, 2.24) is 20.2 Å². The minimum Gasteiger partial charge on any atom is -0.387 e. The van der Waals surface area contributed by atoms with Crippen molar-refractivity contribution in [1.29, 1.82) is 0 Å². The molecule has 1 aliphatic carbocycles. The molecule has 0 bridgehead atoms. The van der Waals surface area contributed by atoms with E-state index in [1.165, 1.54) is 0 Å². The minimum absolute atomic E-state index is 0.114. The number of piperazine rings is 1. The Bertz CT molecular complexity index is 1080. The maximum absolute atomic E-state index is 14.1. The van der Waals surface area contributed by atoms with Crippen LogP contribution in [-0.2, 0) is 4.79 Å². The third-order valence-electron chi connectivity index (χ3n) is 8.85. The van der Waals surface area contributed by atoms with Crippen molar-refractivity contribution in [3.63, 3.8) is 0 Å². The van der Waals surface area contributed by atoms with E-state index in [9.17, 15) is 9.90 Å². The number of carbonyl (C=O) groups excluding carboxylic acids is 1. The number of nitrogens with zero attached hydrogens (tertiary/aromatic N) is 4. The number of hydrogen-bond donors (Lipinski definition) is 2. The highest BCUT2D eigenvalue weighted by Gasteiger charge is 2.43. The van der Waals surface area contributed by atoms with E-state index >= 15 is 0 Å². The molecular formula is C28H38ClN5O2. The molecule has 0 saturated carbocycles. The molecule has 7 nitrogen and oxygen atoms in total. The zero-order valence-corrected chi connectivity index (χ0v) is 22.3. The molecule has 1 aromatic carbocycles. The summed E-state index contributed by atoms with van der Waals surface area (Å²) in [5.41, 5.74) is 2.97. The van der Waals surface area contributed by atoms with Crippen molar-refractivity contribution in [2.24, 2.45) is 0 Å². The lowest BCUT2D eigenvalue weighted by atomic mass is 9.88. The largest absolute Gasteiger partial charge is 0.387 e. The van der Waals surface area contributed by atoms with Crippen LogP contribution in [-0.4, -0.2) is 63.6 Å². The molecule has 1 aromatic heterocycles. The molecule has 0 radical (unpaired) electrons. The highest BCUT2D eigenvalue weighted by atomic mass is 35.5. The quantitative estimate of drug-likeness (QED) is 0.597. The van der Waals surface area contributed by atoms with Gasteiger partial charge in [0.1, 0.15) is 12.1 Å². The van der Waals surface area contributed by atoms with E-state index in [0.717, 1.165) is 61.4 Å². The molecule has 194 valence electrons. The van der Waals surface area contributed by atoms with E-state index in [2.05, 4.69) is 41.0 Å². The van der Waals surface area contributed by atoms with E-state index < -0.39 is 6.10 Å². The smallest absolute Gasteiger partial charge is 0.231 e. The first kappa shape index (κ1) is 25.4. The summed E-state index contributed by atoms with van der Waals surface area (Å²) in [6, 6.07) is 7.92. The first-order chi connectivity index (χ1) is 17.4. The van der Waals surface area contributed by atoms with Gasteiger partial charge in [-0.25, -0.2) is 9.97 Å². The van der Waals surface area contributed by atoms with Crippen LogP contribution in [0.2, 0.25) is 5.02 Å². The van der Waals surface area contributed by atoms with Gasteiger partial charge in [0, 0.05) is 48.3 Å².